The van der Waals surface area contributed by atoms with Gasteiger partial charge in [-0.1, -0.05) is 35.3 Å². The molecule has 1 spiro atoms. The molecule has 5 rings (SSSR count). The third-order valence-corrected chi connectivity index (χ3v) is 8.26. The Balaban J connectivity index is 1.35. The number of nitrogen functional groups attached to an aromatic ring is 1. The van der Waals surface area contributed by atoms with Gasteiger partial charge in [0.2, 0.25) is 0 Å². The van der Waals surface area contributed by atoms with E-state index in [1.165, 1.54) is 11.8 Å². The van der Waals surface area contributed by atoms with Crippen molar-refractivity contribution in [2.45, 2.75) is 41.8 Å². The van der Waals surface area contributed by atoms with Gasteiger partial charge in [0.1, 0.15) is 5.03 Å². The standard InChI is InChI=1S/C25H28ClN7OS/c1-16-22(28)25(15-34-16)8-12-33(13-9-25)23-24(30-11-10-29-23)35-20-5-3-4-17(21(20)27)6-7-19-18(26)14-32(2)31-19/h3-5,10-11,14,16,22H,8-9,12-13,15,27-28H2,1-2H3/t16-,22+/m0/s1. The molecule has 2 aliphatic heterocycles. The zero-order chi connectivity index (χ0) is 24.6. The Hall–Kier alpha value is -2.77. The van der Waals surface area contributed by atoms with E-state index in [0.29, 0.717) is 22.0 Å². The highest BCUT2D eigenvalue weighted by Crippen LogP contribution is 2.43. The molecule has 35 heavy (non-hydrogen) atoms. The first-order valence-electron chi connectivity index (χ1n) is 11.6. The van der Waals surface area contributed by atoms with E-state index in [4.69, 9.17) is 27.8 Å². The third-order valence-electron chi connectivity index (χ3n) is 6.92. The van der Waals surface area contributed by atoms with Crippen molar-refractivity contribution < 1.29 is 4.74 Å². The molecule has 2 fully saturated rings. The predicted molar refractivity (Wildman–Crippen MR) is 138 cm³/mol. The fourth-order valence-corrected chi connectivity index (χ4v) is 5.95. The van der Waals surface area contributed by atoms with Gasteiger partial charge in [-0.3, -0.25) is 4.68 Å². The lowest BCUT2D eigenvalue weighted by atomic mass is 9.73. The second-order valence-electron chi connectivity index (χ2n) is 9.15. The average Bonchev–Trinajstić information content (AvgIpc) is 3.33. The summed E-state index contributed by atoms with van der Waals surface area (Å²) in [6, 6.07) is 5.87. The highest BCUT2D eigenvalue weighted by molar-refractivity contribution is 7.99. The zero-order valence-corrected chi connectivity index (χ0v) is 21.3. The maximum absolute atomic E-state index is 6.50. The molecule has 0 saturated carbocycles. The average molecular weight is 510 g/mol. The van der Waals surface area contributed by atoms with Crippen LogP contribution < -0.4 is 16.4 Å². The SMILES string of the molecule is C[C@@H]1OCC2(CCN(c3nccnc3Sc3cccc(C#Cc4nn(C)cc4Cl)c3N)CC2)[C@@H]1N. The monoisotopic (exact) mass is 509 g/mol. The number of nitrogens with two attached hydrogens (primary N) is 2. The number of aromatic nitrogens is 4. The Morgan fingerprint density at radius 3 is 2.66 bits per heavy atom. The van der Waals surface area contributed by atoms with E-state index in [2.05, 4.69) is 38.7 Å². The van der Waals surface area contributed by atoms with Crippen molar-refractivity contribution in [2.24, 2.45) is 18.2 Å². The highest BCUT2D eigenvalue weighted by atomic mass is 35.5. The minimum atomic E-state index is 0.0549. The van der Waals surface area contributed by atoms with E-state index < -0.39 is 0 Å². The Labute approximate surface area is 214 Å². The number of hydrogen-bond donors (Lipinski definition) is 2. The Kier molecular flexibility index (Phi) is 6.64. The Bertz CT molecular complexity index is 1290. The highest BCUT2D eigenvalue weighted by Gasteiger charge is 2.47. The van der Waals surface area contributed by atoms with E-state index >= 15 is 0 Å². The van der Waals surface area contributed by atoms with Crippen molar-refractivity contribution in [1.29, 1.82) is 0 Å². The van der Waals surface area contributed by atoms with Crippen molar-refractivity contribution in [3.05, 3.63) is 53.1 Å². The molecule has 10 heteroatoms. The number of hydrogen-bond acceptors (Lipinski definition) is 8. The molecule has 0 radical (unpaired) electrons. The Morgan fingerprint density at radius 1 is 1.20 bits per heavy atom. The van der Waals surface area contributed by atoms with E-state index in [0.717, 1.165) is 48.3 Å². The number of halogens is 1. The summed E-state index contributed by atoms with van der Waals surface area (Å²) in [5.41, 5.74) is 14.9. The summed E-state index contributed by atoms with van der Waals surface area (Å²) >= 11 is 7.68. The van der Waals surface area contributed by atoms with E-state index in [1.54, 1.807) is 30.3 Å². The first kappa shape index (κ1) is 23.9. The molecule has 0 unspecified atom stereocenters. The third kappa shape index (κ3) is 4.71. The van der Waals surface area contributed by atoms with Gasteiger partial charge >= 0.3 is 0 Å². The van der Waals surface area contributed by atoms with Crippen LogP contribution in [0.1, 0.15) is 31.0 Å². The fraction of sp³-hybridized carbons (Fsp3) is 0.400. The van der Waals surface area contributed by atoms with Gasteiger partial charge in [0.15, 0.2) is 11.5 Å². The molecule has 2 aliphatic rings. The maximum atomic E-state index is 6.50. The predicted octanol–water partition coefficient (Wildman–Crippen LogP) is 3.33. The lowest BCUT2D eigenvalue weighted by Crippen LogP contribution is -2.50. The topological polar surface area (TPSA) is 108 Å². The smallest absolute Gasteiger partial charge is 0.161 e. The van der Waals surface area contributed by atoms with Gasteiger partial charge in [0.25, 0.3) is 0 Å². The van der Waals surface area contributed by atoms with Crippen LogP contribution >= 0.6 is 23.4 Å². The van der Waals surface area contributed by atoms with Gasteiger partial charge in [-0.15, -0.1) is 0 Å². The van der Waals surface area contributed by atoms with E-state index in [-0.39, 0.29) is 17.6 Å². The van der Waals surface area contributed by atoms with Gasteiger partial charge in [-0.2, -0.15) is 5.10 Å². The molecular formula is C25H28ClN7OS. The minimum Gasteiger partial charge on any atom is -0.397 e. The molecule has 2 aromatic heterocycles. The molecule has 0 aliphatic carbocycles. The van der Waals surface area contributed by atoms with Crippen LogP contribution in [-0.4, -0.2) is 51.6 Å². The van der Waals surface area contributed by atoms with Crippen LogP contribution in [0.5, 0.6) is 0 Å². The molecule has 4 N–H and O–H groups in total. The summed E-state index contributed by atoms with van der Waals surface area (Å²) in [6.45, 7) is 4.53. The minimum absolute atomic E-state index is 0.0549. The van der Waals surface area contributed by atoms with Crippen molar-refractivity contribution in [1.82, 2.24) is 19.7 Å². The van der Waals surface area contributed by atoms with Crippen molar-refractivity contribution in [3.8, 4) is 11.8 Å². The maximum Gasteiger partial charge on any atom is 0.161 e. The van der Waals surface area contributed by atoms with Crippen LogP contribution in [0.2, 0.25) is 5.02 Å². The number of nitrogens with zero attached hydrogens (tertiary/aromatic N) is 5. The normalized spacial score (nSPS) is 21.2. The molecule has 3 aromatic rings. The van der Waals surface area contributed by atoms with Crippen LogP contribution in [0.3, 0.4) is 0 Å². The number of benzene rings is 1. The summed E-state index contributed by atoms with van der Waals surface area (Å²) < 4.78 is 7.50. The van der Waals surface area contributed by atoms with Crippen LogP contribution in [0, 0.1) is 17.3 Å². The quantitative estimate of drug-likeness (QED) is 0.409. The summed E-state index contributed by atoms with van der Waals surface area (Å²) in [4.78, 5) is 12.5. The van der Waals surface area contributed by atoms with Crippen LogP contribution in [0.25, 0.3) is 0 Å². The molecule has 8 nitrogen and oxygen atoms in total. The lowest BCUT2D eigenvalue weighted by molar-refractivity contribution is 0.0973. The van der Waals surface area contributed by atoms with Gasteiger partial charge < -0.3 is 21.1 Å². The van der Waals surface area contributed by atoms with Crippen LogP contribution in [0.15, 0.2) is 46.7 Å². The summed E-state index contributed by atoms with van der Waals surface area (Å²) in [7, 11) is 1.81. The molecule has 182 valence electrons. The first-order chi connectivity index (χ1) is 16.9. The van der Waals surface area contributed by atoms with Crippen molar-refractivity contribution >= 4 is 34.9 Å². The summed E-state index contributed by atoms with van der Waals surface area (Å²) in [5, 5.41) is 5.59. The second-order valence-corrected chi connectivity index (χ2v) is 10.6. The largest absolute Gasteiger partial charge is 0.397 e. The summed E-state index contributed by atoms with van der Waals surface area (Å²) in [5.74, 6) is 6.98. The first-order valence-corrected chi connectivity index (χ1v) is 12.8. The van der Waals surface area contributed by atoms with Crippen LogP contribution in [-0.2, 0) is 11.8 Å². The number of rotatable bonds is 3. The molecule has 2 saturated heterocycles. The van der Waals surface area contributed by atoms with Gasteiger partial charge in [-0.05, 0) is 37.8 Å². The molecule has 1 aromatic carbocycles. The van der Waals surface area contributed by atoms with E-state index in [1.807, 2.05) is 18.2 Å². The number of piperidine rings is 1. The van der Waals surface area contributed by atoms with E-state index in [9.17, 15) is 0 Å². The zero-order valence-electron chi connectivity index (χ0n) is 19.7. The molecular weight excluding hydrogens is 482 g/mol. The molecule has 4 heterocycles. The van der Waals surface area contributed by atoms with Crippen LogP contribution in [0.4, 0.5) is 11.5 Å². The lowest BCUT2D eigenvalue weighted by Gasteiger charge is -2.41. The van der Waals surface area contributed by atoms with Crippen molar-refractivity contribution in [3.63, 3.8) is 0 Å². The van der Waals surface area contributed by atoms with Crippen molar-refractivity contribution in [2.75, 3.05) is 30.3 Å². The molecule has 0 bridgehead atoms. The van der Waals surface area contributed by atoms with Gasteiger partial charge in [0, 0.05) is 60.6 Å². The van der Waals surface area contributed by atoms with Gasteiger partial charge in [-0.25, -0.2) is 9.97 Å². The summed E-state index contributed by atoms with van der Waals surface area (Å²) in [6.07, 6.45) is 7.22. The number of para-hydroxylation sites is 1. The number of aryl methyl sites for hydroxylation is 1. The molecule has 2 atom stereocenters. The number of anilines is 2. The van der Waals surface area contributed by atoms with Gasteiger partial charge in [0.05, 0.1) is 23.4 Å². The molecule has 0 amide bonds. The number of ether oxygens (including phenoxy) is 1. The Morgan fingerprint density at radius 2 is 1.97 bits per heavy atom. The fourth-order valence-electron chi connectivity index (χ4n) is 4.76. The second kappa shape index (κ2) is 9.70.